The van der Waals surface area contributed by atoms with Crippen molar-refractivity contribution in [3.05, 3.63) is 78.1 Å². The predicted octanol–water partition coefficient (Wildman–Crippen LogP) is 4.81. The Hall–Kier alpha value is -4.47. The Morgan fingerprint density at radius 1 is 1.02 bits per heavy atom. The first-order valence-electron chi connectivity index (χ1n) is 13.4. The number of carbonyl (C=O) groups is 2. The number of carbonyl (C=O) groups excluding carboxylic acids is 2. The third kappa shape index (κ3) is 5.75. The minimum absolute atomic E-state index is 0.00239. The molecule has 1 N–H and O–H groups in total. The topological polar surface area (TPSA) is 98.6 Å². The molecule has 9 nitrogen and oxygen atoms in total. The molecule has 2 amide bonds. The molecule has 1 aliphatic carbocycles. The Balaban J connectivity index is 1.61. The Labute approximate surface area is 231 Å². The summed E-state index contributed by atoms with van der Waals surface area (Å²) in [6.07, 6.45) is 4.93. The number of ether oxygens (including phenoxy) is 2. The van der Waals surface area contributed by atoms with E-state index in [9.17, 15) is 14.0 Å². The zero-order valence-corrected chi connectivity index (χ0v) is 22.5. The van der Waals surface area contributed by atoms with Crippen LogP contribution in [0.2, 0.25) is 0 Å². The van der Waals surface area contributed by atoms with Gasteiger partial charge in [-0.15, -0.1) is 5.10 Å². The Morgan fingerprint density at radius 2 is 1.77 bits per heavy atom. The average Bonchev–Trinajstić information content (AvgIpc) is 3.39. The monoisotopic (exact) mass is 545 g/mol. The van der Waals surface area contributed by atoms with E-state index in [2.05, 4.69) is 15.6 Å². The molecule has 3 aromatic carbocycles. The molecular weight excluding hydrogens is 513 g/mol. The fourth-order valence-corrected chi connectivity index (χ4v) is 5.25. The second-order valence-corrected chi connectivity index (χ2v) is 9.83. The fraction of sp³-hybridized carbons (Fsp3) is 0.333. The lowest BCUT2D eigenvalue weighted by Gasteiger charge is -2.34. The minimum Gasteiger partial charge on any atom is -0.497 e. The molecule has 1 saturated carbocycles. The highest BCUT2D eigenvalue weighted by atomic mass is 19.1. The molecular formula is C30H32FN5O4. The number of amides is 2. The van der Waals surface area contributed by atoms with Crippen LogP contribution < -0.4 is 19.7 Å². The van der Waals surface area contributed by atoms with Crippen molar-refractivity contribution in [3.63, 3.8) is 0 Å². The number of anilines is 1. The van der Waals surface area contributed by atoms with E-state index < -0.39 is 17.8 Å². The second-order valence-electron chi connectivity index (χ2n) is 9.83. The van der Waals surface area contributed by atoms with Crippen LogP contribution in [0.5, 0.6) is 11.5 Å². The van der Waals surface area contributed by atoms with Gasteiger partial charge in [0.15, 0.2) is 0 Å². The summed E-state index contributed by atoms with van der Waals surface area (Å²) in [4.78, 5) is 29.7. The van der Waals surface area contributed by atoms with Crippen LogP contribution in [0.25, 0.3) is 11.0 Å². The Kier molecular flexibility index (Phi) is 8.23. The standard InChI is InChI=1S/C30H32FN5O4/c1-39-23-16-17-24(27(18-23)40-2)29(30(38)32-21-8-4-3-5-9-21)36(22-14-12-20(31)13-15-22)28(37)19-35-26-11-7-6-10-25(26)33-34-35/h6-7,10-18,21,29H,3-5,8-9,19H2,1-2H3,(H,32,38)/t29-/m1/s1. The van der Waals surface area contributed by atoms with Gasteiger partial charge in [0, 0.05) is 23.4 Å². The summed E-state index contributed by atoms with van der Waals surface area (Å²) in [7, 11) is 3.04. The summed E-state index contributed by atoms with van der Waals surface area (Å²) < 4.78 is 26.5. The van der Waals surface area contributed by atoms with Crippen molar-refractivity contribution >= 4 is 28.5 Å². The number of hydrogen-bond acceptors (Lipinski definition) is 6. The third-order valence-electron chi connectivity index (χ3n) is 7.27. The van der Waals surface area contributed by atoms with Crippen molar-refractivity contribution in [2.24, 2.45) is 0 Å². The summed E-state index contributed by atoms with van der Waals surface area (Å²) >= 11 is 0. The maximum atomic E-state index is 14.2. The Bertz CT molecular complexity index is 1480. The molecule has 1 aliphatic rings. The number of halogens is 1. The fourth-order valence-electron chi connectivity index (χ4n) is 5.25. The largest absolute Gasteiger partial charge is 0.497 e. The highest BCUT2D eigenvalue weighted by molar-refractivity contribution is 6.02. The van der Waals surface area contributed by atoms with Gasteiger partial charge < -0.3 is 14.8 Å². The molecule has 1 atom stereocenters. The van der Waals surface area contributed by atoms with Gasteiger partial charge in [0.25, 0.3) is 0 Å². The molecule has 0 unspecified atom stereocenters. The van der Waals surface area contributed by atoms with E-state index in [-0.39, 0.29) is 18.5 Å². The summed E-state index contributed by atoms with van der Waals surface area (Å²) in [5, 5.41) is 11.5. The van der Waals surface area contributed by atoms with Crippen molar-refractivity contribution in [2.45, 2.75) is 50.7 Å². The molecule has 1 aromatic heterocycles. The van der Waals surface area contributed by atoms with Crippen LogP contribution >= 0.6 is 0 Å². The van der Waals surface area contributed by atoms with Gasteiger partial charge in [-0.2, -0.15) is 0 Å². The van der Waals surface area contributed by atoms with E-state index in [1.165, 1.54) is 41.0 Å². The predicted molar refractivity (Wildman–Crippen MR) is 149 cm³/mol. The molecule has 0 saturated heterocycles. The van der Waals surface area contributed by atoms with Crippen molar-refractivity contribution in [3.8, 4) is 11.5 Å². The number of fused-ring (bicyclic) bond motifs is 1. The second kappa shape index (κ2) is 12.1. The number of methoxy groups -OCH3 is 2. The van der Waals surface area contributed by atoms with Crippen LogP contribution in [0.3, 0.4) is 0 Å². The molecule has 5 rings (SSSR count). The van der Waals surface area contributed by atoms with E-state index in [1.54, 1.807) is 25.3 Å². The van der Waals surface area contributed by atoms with Gasteiger partial charge in [0.05, 0.1) is 19.7 Å². The van der Waals surface area contributed by atoms with E-state index in [0.29, 0.717) is 33.8 Å². The lowest BCUT2D eigenvalue weighted by atomic mass is 9.94. The van der Waals surface area contributed by atoms with Gasteiger partial charge in [-0.25, -0.2) is 9.07 Å². The molecule has 0 spiro atoms. The highest BCUT2D eigenvalue weighted by Gasteiger charge is 2.36. The van der Waals surface area contributed by atoms with Crippen LogP contribution in [-0.2, 0) is 16.1 Å². The van der Waals surface area contributed by atoms with Gasteiger partial charge in [0.2, 0.25) is 11.8 Å². The van der Waals surface area contributed by atoms with Crippen LogP contribution in [0.4, 0.5) is 10.1 Å². The molecule has 1 heterocycles. The lowest BCUT2D eigenvalue weighted by molar-refractivity contribution is -0.127. The van der Waals surface area contributed by atoms with Crippen LogP contribution in [0.1, 0.15) is 43.7 Å². The smallest absolute Gasteiger partial charge is 0.249 e. The molecule has 0 radical (unpaired) electrons. The van der Waals surface area contributed by atoms with E-state index in [1.807, 2.05) is 24.3 Å². The summed E-state index contributed by atoms with van der Waals surface area (Å²) in [6, 6.07) is 16.8. The van der Waals surface area contributed by atoms with Crippen molar-refractivity contribution in [1.29, 1.82) is 0 Å². The lowest BCUT2D eigenvalue weighted by Crippen LogP contribution is -2.48. The van der Waals surface area contributed by atoms with Gasteiger partial charge in [0.1, 0.15) is 35.4 Å². The number of nitrogens with zero attached hydrogens (tertiary/aromatic N) is 4. The minimum atomic E-state index is -1.12. The van der Waals surface area contributed by atoms with E-state index >= 15 is 0 Å². The van der Waals surface area contributed by atoms with E-state index in [0.717, 1.165) is 32.1 Å². The molecule has 208 valence electrons. The summed E-state index contributed by atoms with van der Waals surface area (Å²) in [6.45, 7) is -0.191. The summed E-state index contributed by atoms with van der Waals surface area (Å²) in [5.74, 6) is -0.306. The maximum absolute atomic E-state index is 14.2. The molecule has 0 bridgehead atoms. The van der Waals surface area contributed by atoms with Crippen LogP contribution in [0, 0.1) is 5.82 Å². The number of rotatable bonds is 9. The molecule has 10 heteroatoms. The number of para-hydroxylation sites is 1. The zero-order valence-electron chi connectivity index (χ0n) is 22.5. The number of hydrogen-bond donors (Lipinski definition) is 1. The van der Waals surface area contributed by atoms with E-state index in [4.69, 9.17) is 9.47 Å². The van der Waals surface area contributed by atoms with Crippen LogP contribution in [-0.4, -0.2) is 47.1 Å². The Morgan fingerprint density at radius 3 is 2.50 bits per heavy atom. The van der Waals surface area contributed by atoms with Gasteiger partial charge in [-0.05, 0) is 61.4 Å². The third-order valence-corrected chi connectivity index (χ3v) is 7.27. The first kappa shape index (κ1) is 27.1. The van der Waals surface area contributed by atoms with Gasteiger partial charge >= 0.3 is 0 Å². The van der Waals surface area contributed by atoms with Crippen molar-refractivity contribution in [1.82, 2.24) is 20.3 Å². The molecule has 0 aliphatic heterocycles. The van der Waals surface area contributed by atoms with Gasteiger partial charge in [-0.1, -0.05) is 36.6 Å². The number of aromatic nitrogens is 3. The quantitative estimate of drug-likeness (QED) is 0.324. The van der Waals surface area contributed by atoms with Crippen molar-refractivity contribution in [2.75, 3.05) is 19.1 Å². The number of nitrogens with one attached hydrogen (secondary N) is 1. The zero-order chi connectivity index (χ0) is 28.1. The average molecular weight is 546 g/mol. The number of benzene rings is 3. The highest BCUT2D eigenvalue weighted by Crippen LogP contribution is 2.36. The van der Waals surface area contributed by atoms with Crippen LogP contribution in [0.15, 0.2) is 66.7 Å². The SMILES string of the molecule is COc1ccc([C@H](C(=O)NC2CCCCC2)N(C(=O)Cn2nnc3ccccc32)c2ccc(F)cc2)c(OC)c1. The summed E-state index contributed by atoms with van der Waals surface area (Å²) in [5.41, 5.74) is 2.16. The van der Waals surface area contributed by atoms with Crippen molar-refractivity contribution < 1.29 is 23.5 Å². The molecule has 4 aromatic rings. The van der Waals surface area contributed by atoms with Gasteiger partial charge in [-0.3, -0.25) is 14.5 Å². The first-order chi connectivity index (χ1) is 19.5. The molecule has 40 heavy (non-hydrogen) atoms. The molecule has 1 fully saturated rings. The normalized spacial score (nSPS) is 14.5. The first-order valence-corrected chi connectivity index (χ1v) is 13.4. The maximum Gasteiger partial charge on any atom is 0.249 e.